The first-order valence-electron chi connectivity index (χ1n) is 12.5. The van der Waals surface area contributed by atoms with Gasteiger partial charge in [-0.1, -0.05) is 50.3 Å². The van der Waals surface area contributed by atoms with Crippen LogP contribution in [0.2, 0.25) is 0 Å². The summed E-state index contributed by atoms with van der Waals surface area (Å²) in [5.41, 5.74) is -1.56. The normalized spacial score (nSPS) is 34.6. The minimum atomic E-state index is -1.58. The lowest BCUT2D eigenvalue weighted by molar-refractivity contribution is -0.173. The highest BCUT2D eigenvalue weighted by atomic mass is 16.6. The maximum Gasteiger partial charge on any atom is 0.338 e. The summed E-state index contributed by atoms with van der Waals surface area (Å²) in [4.78, 5) is 38.0. The number of Topliss-reactive ketones (excluding diaryl/α,β-unsaturated/α-hetero) is 1. The monoisotopic (exact) mass is 498 g/mol. The fourth-order valence-electron chi connectivity index (χ4n) is 5.33. The van der Waals surface area contributed by atoms with E-state index in [-0.39, 0.29) is 24.5 Å². The van der Waals surface area contributed by atoms with Crippen LogP contribution in [0.15, 0.2) is 54.1 Å². The molecule has 0 saturated heterocycles. The predicted octanol–water partition coefficient (Wildman–Crippen LogP) is 4.03. The van der Waals surface area contributed by atoms with Crippen LogP contribution in [0.3, 0.4) is 0 Å². The first-order chi connectivity index (χ1) is 16.8. The molecule has 1 saturated carbocycles. The van der Waals surface area contributed by atoms with Gasteiger partial charge >= 0.3 is 11.9 Å². The second kappa shape index (κ2) is 10.7. The number of aliphatic hydroxyl groups excluding tert-OH is 1. The van der Waals surface area contributed by atoms with Crippen molar-refractivity contribution >= 4 is 17.7 Å². The Morgan fingerprint density at radius 1 is 1.08 bits per heavy atom. The molecule has 2 N–H and O–H groups in total. The number of aliphatic hydroxyl groups is 2. The molecule has 0 amide bonds. The van der Waals surface area contributed by atoms with Crippen LogP contribution in [-0.4, -0.2) is 51.8 Å². The molecule has 7 unspecified atom stereocenters. The zero-order valence-electron chi connectivity index (χ0n) is 21.9. The van der Waals surface area contributed by atoms with E-state index in [2.05, 4.69) is 0 Å². The lowest BCUT2D eigenvalue weighted by Crippen LogP contribution is -2.52. The highest BCUT2D eigenvalue weighted by Crippen LogP contribution is 2.48. The second-order valence-electron chi connectivity index (χ2n) is 11.0. The van der Waals surface area contributed by atoms with E-state index in [1.807, 2.05) is 13.8 Å². The van der Waals surface area contributed by atoms with Gasteiger partial charge < -0.3 is 19.7 Å². The van der Waals surface area contributed by atoms with E-state index in [0.717, 1.165) is 0 Å². The van der Waals surface area contributed by atoms with E-state index >= 15 is 0 Å². The van der Waals surface area contributed by atoms with Gasteiger partial charge in [-0.3, -0.25) is 9.59 Å². The number of hydrogen-bond acceptors (Lipinski definition) is 7. The second-order valence-corrected chi connectivity index (χ2v) is 11.0. The first kappa shape index (κ1) is 27.8. The van der Waals surface area contributed by atoms with Gasteiger partial charge in [0.15, 0.2) is 0 Å². The molecular formula is C29H38O7. The van der Waals surface area contributed by atoms with Crippen molar-refractivity contribution in [3.8, 4) is 0 Å². The molecule has 36 heavy (non-hydrogen) atoms. The van der Waals surface area contributed by atoms with Crippen LogP contribution in [0.25, 0.3) is 0 Å². The van der Waals surface area contributed by atoms with E-state index < -0.39 is 53.1 Å². The molecule has 0 radical (unpaired) electrons. The van der Waals surface area contributed by atoms with Gasteiger partial charge in [0.25, 0.3) is 0 Å². The van der Waals surface area contributed by atoms with E-state index in [0.29, 0.717) is 11.1 Å². The number of ketones is 1. The molecule has 7 atom stereocenters. The summed E-state index contributed by atoms with van der Waals surface area (Å²) in [6.45, 7) is 10.2. The molecule has 0 aliphatic heterocycles. The Morgan fingerprint density at radius 2 is 1.72 bits per heavy atom. The summed E-state index contributed by atoms with van der Waals surface area (Å²) in [6.07, 6.45) is 2.55. The van der Waals surface area contributed by atoms with Gasteiger partial charge in [-0.15, -0.1) is 0 Å². The van der Waals surface area contributed by atoms with Gasteiger partial charge in [-0.05, 0) is 50.8 Å². The molecule has 0 aromatic heterocycles. The molecule has 0 bridgehead atoms. The Balaban J connectivity index is 2.11. The molecule has 0 heterocycles. The standard InChI is InChI=1S/C29H38O7/c1-17-12-13-28(5,6)24(32)15-23(31)18(2)14-22-25(36-27(33)21-10-8-7-9-11-21)19(3)16-29(22,34)26(17)35-20(4)30/h7-14,17,19,22-23,25-26,31,34H,15-16H2,1-6H3. The van der Waals surface area contributed by atoms with Crippen molar-refractivity contribution in [3.05, 3.63) is 59.7 Å². The van der Waals surface area contributed by atoms with Crippen molar-refractivity contribution in [3.63, 3.8) is 0 Å². The smallest absolute Gasteiger partial charge is 0.338 e. The van der Waals surface area contributed by atoms with Gasteiger partial charge in [0.05, 0.1) is 11.7 Å². The number of rotatable bonds is 3. The summed E-state index contributed by atoms with van der Waals surface area (Å²) >= 11 is 0. The van der Waals surface area contributed by atoms with Crippen molar-refractivity contribution < 1.29 is 34.1 Å². The van der Waals surface area contributed by atoms with Crippen molar-refractivity contribution in [2.45, 2.75) is 78.3 Å². The van der Waals surface area contributed by atoms with Crippen molar-refractivity contribution in [1.29, 1.82) is 0 Å². The van der Waals surface area contributed by atoms with Crippen LogP contribution in [0.1, 0.15) is 64.7 Å². The Hall–Kier alpha value is -2.77. The maximum absolute atomic E-state index is 13.0. The average Bonchev–Trinajstić information content (AvgIpc) is 3.05. The van der Waals surface area contributed by atoms with Gasteiger partial charge in [0, 0.05) is 30.6 Å². The zero-order chi connectivity index (χ0) is 26.8. The summed E-state index contributed by atoms with van der Waals surface area (Å²) in [6, 6.07) is 8.59. The molecule has 1 aromatic carbocycles. The molecule has 196 valence electrons. The third-order valence-electron chi connectivity index (χ3n) is 7.54. The van der Waals surface area contributed by atoms with Gasteiger partial charge in [-0.25, -0.2) is 4.79 Å². The van der Waals surface area contributed by atoms with Crippen LogP contribution in [-0.2, 0) is 19.1 Å². The summed E-state index contributed by atoms with van der Waals surface area (Å²) in [5, 5.41) is 23.0. The summed E-state index contributed by atoms with van der Waals surface area (Å²) in [7, 11) is 0. The van der Waals surface area contributed by atoms with Crippen molar-refractivity contribution in [2.75, 3.05) is 0 Å². The van der Waals surface area contributed by atoms with Crippen molar-refractivity contribution in [2.24, 2.45) is 23.2 Å². The summed E-state index contributed by atoms with van der Waals surface area (Å²) in [5.74, 6) is -2.71. The van der Waals surface area contributed by atoms with Gasteiger partial charge in [-0.2, -0.15) is 0 Å². The fraction of sp³-hybridized carbons (Fsp3) is 0.552. The fourth-order valence-corrected chi connectivity index (χ4v) is 5.33. The number of fused-ring (bicyclic) bond motifs is 1. The Kier molecular flexibility index (Phi) is 8.26. The predicted molar refractivity (Wildman–Crippen MR) is 135 cm³/mol. The van der Waals surface area contributed by atoms with Crippen LogP contribution < -0.4 is 0 Å². The number of ether oxygens (including phenoxy) is 2. The molecule has 7 nitrogen and oxygen atoms in total. The molecule has 3 rings (SSSR count). The number of benzene rings is 1. The van der Waals surface area contributed by atoms with Crippen molar-refractivity contribution in [1.82, 2.24) is 0 Å². The van der Waals surface area contributed by atoms with Crippen LogP contribution in [0, 0.1) is 23.2 Å². The summed E-state index contributed by atoms with van der Waals surface area (Å²) < 4.78 is 11.7. The highest BCUT2D eigenvalue weighted by molar-refractivity contribution is 5.89. The number of allylic oxidation sites excluding steroid dienone is 1. The number of esters is 2. The van der Waals surface area contributed by atoms with E-state index in [4.69, 9.17) is 9.47 Å². The molecule has 2 aliphatic rings. The average molecular weight is 499 g/mol. The molecule has 0 spiro atoms. The number of hydrogen-bond donors (Lipinski definition) is 2. The minimum Gasteiger partial charge on any atom is -0.459 e. The number of carbonyl (C=O) groups excluding carboxylic acids is 3. The minimum absolute atomic E-state index is 0.0867. The lowest BCUT2D eigenvalue weighted by atomic mass is 9.75. The highest BCUT2D eigenvalue weighted by Gasteiger charge is 2.58. The van der Waals surface area contributed by atoms with Gasteiger partial charge in [0.2, 0.25) is 0 Å². The Morgan fingerprint density at radius 3 is 2.33 bits per heavy atom. The zero-order valence-corrected chi connectivity index (χ0v) is 21.9. The van der Waals surface area contributed by atoms with Crippen LogP contribution >= 0.6 is 0 Å². The van der Waals surface area contributed by atoms with E-state index in [1.54, 1.807) is 69.3 Å². The Bertz CT molecular complexity index is 1040. The molecular weight excluding hydrogens is 460 g/mol. The van der Waals surface area contributed by atoms with Crippen LogP contribution in [0.4, 0.5) is 0 Å². The molecule has 2 aliphatic carbocycles. The Labute approximate surface area is 213 Å². The lowest BCUT2D eigenvalue weighted by Gasteiger charge is -2.40. The molecule has 7 heteroatoms. The van der Waals surface area contributed by atoms with E-state index in [1.165, 1.54) is 6.92 Å². The first-order valence-corrected chi connectivity index (χ1v) is 12.5. The molecule has 1 aromatic rings. The molecule has 1 fully saturated rings. The quantitative estimate of drug-likeness (QED) is 0.478. The maximum atomic E-state index is 13.0. The van der Waals surface area contributed by atoms with Crippen LogP contribution in [0.5, 0.6) is 0 Å². The van der Waals surface area contributed by atoms with E-state index in [9.17, 15) is 24.6 Å². The SMILES string of the molecule is CC(=O)OC1C(C)C=CC(C)(C)C(=O)CC(O)C(C)=CC2C(OC(=O)c3ccccc3)C(C)CC21O. The largest absolute Gasteiger partial charge is 0.459 e. The number of carbonyl (C=O) groups is 3. The topological polar surface area (TPSA) is 110 Å². The third-order valence-corrected chi connectivity index (χ3v) is 7.54. The van der Waals surface area contributed by atoms with Gasteiger partial charge in [0.1, 0.15) is 23.6 Å². The third kappa shape index (κ3) is 5.79.